The third-order valence-electron chi connectivity index (χ3n) is 2.97. The summed E-state index contributed by atoms with van der Waals surface area (Å²) in [5.74, 6) is 1.75. The molecule has 2 heterocycles. The topological polar surface area (TPSA) is 69.0 Å². The molecule has 7 nitrogen and oxygen atoms in total. The van der Waals surface area contributed by atoms with Crippen LogP contribution in [0.15, 0.2) is 18.7 Å². The van der Waals surface area contributed by atoms with E-state index in [0.717, 1.165) is 17.3 Å². The highest BCUT2D eigenvalue weighted by Gasteiger charge is 2.11. The zero-order valence-corrected chi connectivity index (χ0v) is 12.3. The smallest absolute Gasteiger partial charge is 0.152 e. The molecule has 0 aliphatic carbocycles. The van der Waals surface area contributed by atoms with Crippen molar-refractivity contribution in [1.29, 1.82) is 0 Å². The minimum absolute atomic E-state index is 0.336. The van der Waals surface area contributed by atoms with Crippen molar-refractivity contribution in [2.75, 3.05) is 19.1 Å². The molecule has 0 atom stereocenters. The maximum Gasteiger partial charge on any atom is 0.152 e. The number of rotatable bonds is 6. The molecule has 0 aromatic carbocycles. The van der Waals surface area contributed by atoms with E-state index in [9.17, 15) is 0 Å². The van der Waals surface area contributed by atoms with Crippen LogP contribution >= 0.6 is 0 Å². The lowest BCUT2D eigenvalue weighted by Gasteiger charge is -2.19. The first kappa shape index (κ1) is 14.4. The van der Waals surface area contributed by atoms with Crippen LogP contribution in [0.4, 0.5) is 5.82 Å². The van der Waals surface area contributed by atoms with Gasteiger partial charge in [-0.1, -0.05) is 0 Å². The van der Waals surface area contributed by atoms with E-state index >= 15 is 0 Å². The van der Waals surface area contributed by atoms with Gasteiger partial charge in [0.2, 0.25) is 0 Å². The predicted molar refractivity (Wildman–Crippen MR) is 75.3 cm³/mol. The molecule has 0 radical (unpaired) electrons. The predicted octanol–water partition coefficient (Wildman–Crippen LogP) is 1.43. The summed E-state index contributed by atoms with van der Waals surface area (Å²) in [5, 5.41) is 8.14. The van der Waals surface area contributed by atoms with Gasteiger partial charge in [-0.25, -0.2) is 9.97 Å². The quantitative estimate of drug-likeness (QED) is 0.795. The number of hydrogen-bond acceptors (Lipinski definition) is 6. The van der Waals surface area contributed by atoms with Crippen LogP contribution in [0.3, 0.4) is 0 Å². The highest BCUT2D eigenvalue weighted by atomic mass is 16.5. The third kappa shape index (κ3) is 3.30. The van der Waals surface area contributed by atoms with Crippen LogP contribution in [-0.2, 0) is 17.9 Å². The molecule has 0 amide bonds. The average molecular weight is 276 g/mol. The largest absolute Gasteiger partial charge is 0.378 e. The maximum absolute atomic E-state index is 5.08. The molecule has 0 saturated heterocycles. The summed E-state index contributed by atoms with van der Waals surface area (Å²) >= 11 is 0. The van der Waals surface area contributed by atoms with E-state index in [1.165, 1.54) is 0 Å². The van der Waals surface area contributed by atoms with E-state index in [4.69, 9.17) is 4.74 Å². The van der Waals surface area contributed by atoms with Crippen LogP contribution < -0.4 is 4.90 Å². The summed E-state index contributed by atoms with van der Waals surface area (Å²) in [7, 11) is 3.62. The summed E-state index contributed by atoms with van der Waals surface area (Å²) < 4.78 is 7.13. The maximum atomic E-state index is 5.08. The van der Waals surface area contributed by atoms with E-state index < -0.39 is 0 Å². The van der Waals surface area contributed by atoms with Gasteiger partial charge in [-0.15, -0.1) is 10.2 Å². The first-order valence-electron chi connectivity index (χ1n) is 6.51. The van der Waals surface area contributed by atoms with Gasteiger partial charge in [0, 0.05) is 26.3 Å². The Morgan fingerprint density at radius 2 is 2.15 bits per heavy atom. The first-order chi connectivity index (χ1) is 9.61. The molecule has 0 aliphatic rings. The standard InChI is InChI=1S/C13H20N6O/c1-10(2)19-9-16-17-13(19)6-18(3)12-5-11(7-20-4)14-8-15-12/h5,8-10H,6-7H2,1-4H3. The Morgan fingerprint density at radius 3 is 2.85 bits per heavy atom. The second-order valence-electron chi connectivity index (χ2n) is 4.90. The Morgan fingerprint density at radius 1 is 1.35 bits per heavy atom. The highest BCUT2D eigenvalue weighted by Crippen LogP contribution is 2.14. The monoisotopic (exact) mass is 276 g/mol. The first-order valence-corrected chi connectivity index (χ1v) is 6.51. The van der Waals surface area contributed by atoms with Gasteiger partial charge in [-0.2, -0.15) is 0 Å². The Labute approximate surface area is 118 Å². The average Bonchev–Trinajstić information content (AvgIpc) is 2.88. The summed E-state index contributed by atoms with van der Waals surface area (Å²) in [6, 6.07) is 2.25. The van der Waals surface area contributed by atoms with Crippen molar-refractivity contribution in [3.05, 3.63) is 30.2 Å². The van der Waals surface area contributed by atoms with E-state index in [-0.39, 0.29) is 0 Å². The van der Waals surface area contributed by atoms with Gasteiger partial charge < -0.3 is 14.2 Å². The van der Waals surface area contributed by atoms with E-state index in [1.54, 1.807) is 19.8 Å². The van der Waals surface area contributed by atoms with Crippen molar-refractivity contribution < 1.29 is 4.74 Å². The zero-order chi connectivity index (χ0) is 14.5. The molecule has 0 aliphatic heterocycles. The van der Waals surface area contributed by atoms with Crippen molar-refractivity contribution in [1.82, 2.24) is 24.7 Å². The van der Waals surface area contributed by atoms with E-state index in [1.807, 2.05) is 22.6 Å². The van der Waals surface area contributed by atoms with Crippen molar-refractivity contribution in [3.63, 3.8) is 0 Å². The normalized spacial score (nSPS) is 11.1. The molecule has 2 aromatic heterocycles. The van der Waals surface area contributed by atoms with Gasteiger partial charge in [0.25, 0.3) is 0 Å². The molecule has 0 saturated carbocycles. The molecule has 2 aromatic rings. The molecule has 0 unspecified atom stereocenters. The van der Waals surface area contributed by atoms with Crippen LogP contribution in [0.5, 0.6) is 0 Å². The highest BCUT2D eigenvalue weighted by molar-refractivity contribution is 5.37. The second-order valence-corrected chi connectivity index (χ2v) is 4.90. The van der Waals surface area contributed by atoms with Crippen LogP contribution in [0.1, 0.15) is 31.4 Å². The Balaban J connectivity index is 2.13. The molecular formula is C13H20N6O. The molecule has 0 spiro atoms. The zero-order valence-electron chi connectivity index (χ0n) is 12.3. The van der Waals surface area contributed by atoms with Crippen molar-refractivity contribution in [2.45, 2.75) is 33.0 Å². The van der Waals surface area contributed by atoms with E-state index in [0.29, 0.717) is 19.2 Å². The lowest BCUT2D eigenvalue weighted by Crippen LogP contribution is -2.21. The Bertz CT molecular complexity index is 553. The summed E-state index contributed by atoms with van der Waals surface area (Å²) in [6.07, 6.45) is 3.30. The lowest BCUT2D eigenvalue weighted by molar-refractivity contribution is 0.181. The van der Waals surface area contributed by atoms with E-state index in [2.05, 4.69) is 34.0 Å². The molecule has 0 bridgehead atoms. The molecular weight excluding hydrogens is 256 g/mol. The molecule has 2 rings (SSSR count). The number of hydrogen-bond donors (Lipinski definition) is 0. The van der Waals surface area contributed by atoms with Gasteiger partial charge in [0.15, 0.2) is 5.82 Å². The summed E-state index contributed by atoms with van der Waals surface area (Å²) in [5.41, 5.74) is 0.856. The minimum Gasteiger partial charge on any atom is -0.378 e. The number of ether oxygens (including phenoxy) is 1. The molecule has 0 fully saturated rings. The SMILES string of the molecule is COCc1cc(N(C)Cc2nncn2C(C)C)ncn1. The van der Waals surface area contributed by atoms with Crippen LogP contribution in [0, 0.1) is 0 Å². The fourth-order valence-corrected chi connectivity index (χ4v) is 1.93. The molecule has 20 heavy (non-hydrogen) atoms. The summed E-state index contributed by atoms with van der Waals surface area (Å²) in [6.45, 7) is 5.33. The van der Waals surface area contributed by atoms with Gasteiger partial charge in [0.05, 0.1) is 18.8 Å². The third-order valence-corrected chi connectivity index (χ3v) is 2.97. The van der Waals surface area contributed by atoms with Gasteiger partial charge in [-0.3, -0.25) is 0 Å². The number of anilines is 1. The Kier molecular flexibility index (Phi) is 4.62. The number of nitrogens with zero attached hydrogens (tertiary/aromatic N) is 6. The molecule has 108 valence electrons. The van der Waals surface area contributed by atoms with Crippen molar-refractivity contribution >= 4 is 5.82 Å². The number of methoxy groups -OCH3 is 1. The fraction of sp³-hybridized carbons (Fsp3) is 0.538. The number of aromatic nitrogens is 5. The van der Waals surface area contributed by atoms with Gasteiger partial charge >= 0.3 is 0 Å². The van der Waals surface area contributed by atoms with Crippen molar-refractivity contribution in [3.8, 4) is 0 Å². The fourth-order valence-electron chi connectivity index (χ4n) is 1.93. The minimum atomic E-state index is 0.336. The van der Waals surface area contributed by atoms with Crippen molar-refractivity contribution in [2.24, 2.45) is 0 Å². The van der Waals surface area contributed by atoms with Crippen LogP contribution in [-0.4, -0.2) is 38.9 Å². The van der Waals surface area contributed by atoms with Crippen LogP contribution in [0.25, 0.3) is 0 Å². The molecule has 7 heteroatoms. The summed E-state index contributed by atoms with van der Waals surface area (Å²) in [4.78, 5) is 10.5. The Hall–Kier alpha value is -2.02. The molecule has 0 N–H and O–H groups in total. The van der Waals surface area contributed by atoms with Crippen LogP contribution in [0.2, 0.25) is 0 Å². The van der Waals surface area contributed by atoms with Gasteiger partial charge in [-0.05, 0) is 13.8 Å². The lowest BCUT2D eigenvalue weighted by atomic mass is 10.3. The van der Waals surface area contributed by atoms with Gasteiger partial charge in [0.1, 0.15) is 18.5 Å². The second kappa shape index (κ2) is 6.42.